The van der Waals surface area contributed by atoms with Gasteiger partial charge in [-0.25, -0.2) is 0 Å². The predicted molar refractivity (Wildman–Crippen MR) is 166 cm³/mol. The zero-order valence-electron chi connectivity index (χ0n) is 25.3. The molecule has 4 amide bonds. The molecule has 0 heterocycles. The van der Waals surface area contributed by atoms with Gasteiger partial charge in [0, 0.05) is 11.4 Å². The van der Waals surface area contributed by atoms with Crippen LogP contribution in [0.1, 0.15) is 59.1 Å². The van der Waals surface area contributed by atoms with Gasteiger partial charge in [-0.2, -0.15) is 0 Å². The summed E-state index contributed by atoms with van der Waals surface area (Å²) in [6.07, 6.45) is 1.60. The summed E-state index contributed by atoms with van der Waals surface area (Å²) >= 11 is 1.10. The average molecular weight is 590 g/mol. The summed E-state index contributed by atoms with van der Waals surface area (Å²) in [6.45, 7) is 13.6. The van der Waals surface area contributed by atoms with Gasteiger partial charge < -0.3 is 21.3 Å². The van der Waals surface area contributed by atoms with Crippen LogP contribution in [0.5, 0.6) is 0 Å². The van der Waals surface area contributed by atoms with Crippen molar-refractivity contribution in [3.8, 4) is 0 Å². The quantitative estimate of drug-likeness (QED) is 0.153. The normalized spacial score (nSPS) is 10.1. The average Bonchev–Trinajstić information content (AvgIpc) is 2.94. The number of rotatable bonds is 11. The molecule has 228 valence electrons. The van der Waals surface area contributed by atoms with E-state index in [-0.39, 0.29) is 13.1 Å². The van der Waals surface area contributed by atoms with Crippen LogP contribution in [-0.4, -0.2) is 49.0 Å². The smallest absolute Gasteiger partial charge is 0.289 e. The SMILES string of the molecule is CC(C)C.CC(NC(=O)CNC=O)C(=O)NCC(=O)C(=O)NCc1ccc(SN)cc1.CCC.Cc1ccccc1. The van der Waals surface area contributed by atoms with Crippen molar-refractivity contribution in [3.63, 3.8) is 0 Å². The van der Waals surface area contributed by atoms with E-state index in [9.17, 15) is 24.0 Å². The predicted octanol–water partition coefficient (Wildman–Crippen LogP) is 3.28. The molecule has 0 aliphatic heterocycles. The van der Waals surface area contributed by atoms with Crippen molar-refractivity contribution in [2.75, 3.05) is 13.1 Å². The molecule has 6 N–H and O–H groups in total. The molecule has 0 saturated heterocycles. The molecule has 0 bridgehead atoms. The fourth-order valence-corrected chi connectivity index (χ4v) is 2.69. The van der Waals surface area contributed by atoms with Crippen molar-refractivity contribution in [2.24, 2.45) is 11.1 Å². The lowest BCUT2D eigenvalue weighted by Gasteiger charge is -2.13. The van der Waals surface area contributed by atoms with Gasteiger partial charge in [0.25, 0.3) is 5.91 Å². The first-order valence-electron chi connectivity index (χ1n) is 13.4. The second-order valence-corrected chi connectivity index (χ2v) is 10.2. The van der Waals surface area contributed by atoms with Crippen molar-refractivity contribution >= 4 is 41.9 Å². The number of hydrogen-bond donors (Lipinski definition) is 5. The molecule has 0 saturated carbocycles. The molecule has 11 heteroatoms. The van der Waals surface area contributed by atoms with Crippen LogP contribution in [0, 0.1) is 12.8 Å². The lowest BCUT2D eigenvalue weighted by molar-refractivity contribution is -0.138. The number of carbonyl (C=O) groups excluding carboxylic acids is 5. The Morgan fingerprint density at radius 2 is 1.41 bits per heavy atom. The Morgan fingerprint density at radius 3 is 1.85 bits per heavy atom. The van der Waals surface area contributed by atoms with Gasteiger partial charge in [0.1, 0.15) is 6.04 Å². The van der Waals surface area contributed by atoms with Gasteiger partial charge in [0.15, 0.2) is 0 Å². The number of carbonyl (C=O) groups is 5. The lowest BCUT2D eigenvalue weighted by Crippen LogP contribution is -2.49. The van der Waals surface area contributed by atoms with E-state index in [1.165, 1.54) is 18.9 Å². The Hall–Kier alpha value is -3.70. The summed E-state index contributed by atoms with van der Waals surface area (Å²) in [5.74, 6) is -2.02. The largest absolute Gasteiger partial charge is 0.350 e. The Balaban J connectivity index is 0. The Labute approximate surface area is 249 Å². The highest BCUT2D eigenvalue weighted by Gasteiger charge is 2.18. The maximum Gasteiger partial charge on any atom is 0.289 e. The van der Waals surface area contributed by atoms with Gasteiger partial charge in [-0.05, 0) is 49.4 Å². The number of nitrogens with one attached hydrogen (secondary N) is 4. The minimum Gasteiger partial charge on any atom is -0.350 e. The molecule has 41 heavy (non-hydrogen) atoms. The summed E-state index contributed by atoms with van der Waals surface area (Å²) < 4.78 is 0. The van der Waals surface area contributed by atoms with Crippen LogP contribution < -0.4 is 26.4 Å². The molecule has 2 rings (SSSR count). The maximum atomic E-state index is 11.8. The molecule has 0 aliphatic rings. The molecule has 1 unspecified atom stereocenters. The van der Waals surface area contributed by atoms with Crippen LogP contribution in [0.15, 0.2) is 59.5 Å². The monoisotopic (exact) mass is 589 g/mol. The summed E-state index contributed by atoms with van der Waals surface area (Å²) in [7, 11) is 0. The first-order chi connectivity index (χ1) is 19.4. The highest BCUT2D eigenvalue weighted by Crippen LogP contribution is 2.12. The number of amides is 4. The van der Waals surface area contributed by atoms with E-state index in [1.54, 1.807) is 24.3 Å². The standard InChI is InChI=1S/C16H21N5O5S.C7H8.C4H10.C3H8/c1-10(21-14(24)8-18-9-22)15(25)20-7-13(23)16(26)19-6-11-2-4-12(27-17)5-3-11;1-7-5-3-2-4-6-7;1-4(2)3;1-3-2/h2-5,9-10H,6-8,17H2,1H3,(H,18,22)(H,19,26)(H,20,25)(H,21,24);2-6H,1H3;4H,1-3H3;3H2,1-2H3. The highest BCUT2D eigenvalue weighted by atomic mass is 32.2. The van der Waals surface area contributed by atoms with Gasteiger partial charge in [0.2, 0.25) is 24.0 Å². The number of hydrogen-bond acceptors (Lipinski definition) is 7. The number of ketones is 1. The van der Waals surface area contributed by atoms with Gasteiger partial charge in [-0.3, -0.25) is 29.1 Å². The first-order valence-corrected chi connectivity index (χ1v) is 14.3. The molecular formula is C30H47N5O5S. The molecule has 10 nitrogen and oxygen atoms in total. The molecule has 0 radical (unpaired) electrons. The zero-order valence-corrected chi connectivity index (χ0v) is 26.1. The molecule has 0 aromatic heterocycles. The highest BCUT2D eigenvalue weighted by molar-refractivity contribution is 7.97. The molecular weight excluding hydrogens is 542 g/mol. The van der Waals surface area contributed by atoms with Gasteiger partial charge in [-0.1, -0.05) is 89.1 Å². The van der Waals surface area contributed by atoms with Crippen molar-refractivity contribution in [2.45, 2.75) is 72.4 Å². The van der Waals surface area contributed by atoms with Crippen LogP contribution in [0.2, 0.25) is 0 Å². The Morgan fingerprint density at radius 1 is 0.878 bits per heavy atom. The van der Waals surface area contributed by atoms with Crippen LogP contribution in [0.25, 0.3) is 0 Å². The van der Waals surface area contributed by atoms with Crippen molar-refractivity contribution in [1.82, 2.24) is 21.3 Å². The first kappa shape index (κ1) is 39.4. The van der Waals surface area contributed by atoms with Crippen molar-refractivity contribution in [3.05, 3.63) is 65.7 Å². The number of Topliss-reactive ketones (excluding diaryl/α,β-unsaturated/α-hetero) is 1. The minimum absolute atomic E-state index is 0.157. The molecule has 2 aromatic carbocycles. The maximum absolute atomic E-state index is 11.8. The third-order valence-electron chi connectivity index (χ3n) is 4.25. The summed E-state index contributed by atoms with van der Waals surface area (Å²) in [6, 6.07) is 16.4. The molecule has 0 spiro atoms. The lowest BCUT2D eigenvalue weighted by atomic mass is 10.2. The number of aryl methyl sites for hydroxylation is 1. The van der Waals surface area contributed by atoms with E-state index >= 15 is 0 Å². The van der Waals surface area contributed by atoms with E-state index in [0.717, 1.165) is 28.3 Å². The van der Waals surface area contributed by atoms with Crippen molar-refractivity contribution in [1.29, 1.82) is 0 Å². The fraction of sp³-hybridized carbons (Fsp3) is 0.433. The number of benzene rings is 2. The third kappa shape index (κ3) is 23.9. The van der Waals surface area contributed by atoms with Gasteiger partial charge >= 0.3 is 0 Å². The third-order valence-corrected chi connectivity index (χ3v) is 4.79. The molecule has 0 fully saturated rings. The number of nitrogens with two attached hydrogens (primary N) is 1. The van der Waals surface area contributed by atoms with Crippen LogP contribution in [0.4, 0.5) is 0 Å². The van der Waals surface area contributed by atoms with E-state index in [2.05, 4.69) is 74.9 Å². The van der Waals surface area contributed by atoms with Crippen LogP contribution in [-0.2, 0) is 30.5 Å². The van der Waals surface area contributed by atoms with Gasteiger partial charge in [-0.15, -0.1) is 0 Å². The van der Waals surface area contributed by atoms with E-state index < -0.39 is 36.1 Å². The Bertz CT molecular complexity index is 1010. The molecule has 2 aromatic rings. The zero-order chi connectivity index (χ0) is 31.6. The van der Waals surface area contributed by atoms with E-state index in [0.29, 0.717) is 6.41 Å². The van der Waals surface area contributed by atoms with Crippen molar-refractivity contribution < 1.29 is 24.0 Å². The Kier molecular flexibility index (Phi) is 24.3. The van der Waals surface area contributed by atoms with Crippen LogP contribution >= 0.6 is 11.9 Å². The van der Waals surface area contributed by atoms with E-state index in [1.807, 2.05) is 18.2 Å². The molecule has 1 atom stereocenters. The van der Waals surface area contributed by atoms with E-state index in [4.69, 9.17) is 5.14 Å². The summed E-state index contributed by atoms with van der Waals surface area (Å²) in [5, 5.41) is 14.6. The van der Waals surface area contributed by atoms with Crippen LogP contribution in [0.3, 0.4) is 0 Å². The molecule has 0 aliphatic carbocycles. The minimum atomic E-state index is -0.930. The topological polar surface area (TPSA) is 159 Å². The fourth-order valence-electron chi connectivity index (χ4n) is 2.39. The van der Waals surface area contributed by atoms with Gasteiger partial charge in [0.05, 0.1) is 13.1 Å². The second-order valence-electron chi connectivity index (χ2n) is 9.47. The second kappa shape index (κ2) is 25.3. The summed E-state index contributed by atoms with van der Waals surface area (Å²) in [4.78, 5) is 57.7. The summed E-state index contributed by atoms with van der Waals surface area (Å²) in [5.41, 5.74) is 2.11.